The molecule has 0 unspecified atom stereocenters. The summed E-state index contributed by atoms with van der Waals surface area (Å²) in [6.45, 7) is 6.03. The molecule has 0 radical (unpaired) electrons. The lowest BCUT2D eigenvalue weighted by Gasteiger charge is -2.34. The number of rotatable bonds is 4. The monoisotopic (exact) mass is 394 g/mol. The summed E-state index contributed by atoms with van der Waals surface area (Å²) in [5.74, 6) is 0.0252. The zero-order valence-electron chi connectivity index (χ0n) is 13.0. The molecule has 122 valence electrons. The highest BCUT2D eigenvalue weighted by molar-refractivity contribution is 9.10. The van der Waals surface area contributed by atoms with E-state index in [9.17, 15) is 4.79 Å². The maximum atomic E-state index is 12.2. The van der Waals surface area contributed by atoms with Crippen molar-refractivity contribution in [3.63, 3.8) is 0 Å². The van der Waals surface area contributed by atoms with Crippen molar-refractivity contribution in [2.75, 3.05) is 42.9 Å². The van der Waals surface area contributed by atoms with Gasteiger partial charge >= 0.3 is 0 Å². The number of nitrogens with zero attached hydrogens (tertiary/aromatic N) is 3. The summed E-state index contributed by atoms with van der Waals surface area (Å²) in [5, 5.41) is 6.03. The molecule has 1 N–H and O–H groups in total. The summed E-state index contributed by atoms with van der Waals surface area (Å²) in [6, 6.07) is 5.92. The second-order valence-corrected chi connectivity index (χ2v) is 7.34. The number of hydrogen-bond donors (Lipinski definition) is 1. The number of carbonyl (C=O) groups is 1. The van der Waals surface area contributed by atoms with Gasteiger partial charge in [-0.05, 0) is 40.5 Å². The Labute approximate surface area is 148 Å². The molecule has 0 aliphatic carbocycles. The summed E-state index contributed by atoms with van der Waals surface area (Å²) in [6.07, 6.45) is 1.83. The van der Waals surface area contributed by atoms with Crippen LogP contribution in [0.3, 0.4) is 0 Å². The number of halogens is 1. The van der Waals surface area contributed by atoms with Gasteiger partial charge in [-0.15, -0.1) is 11.3 Å². The lowest BCUT2D eigenvalue weighted by molar-refractivity contribution is -0.117. The number of hydrogen-bond acceptors (Lipinski definition) is 5. The fraction of sp³-hybridized carbons (Fsp3) is 0.375. The maximum Gasteiger partial charge on any atom is 0.238 e. The number of thiazole rings is 1. The zero-order chi connectivity index (χ0) is 16.2. The number of anilines is 2. The van der Waals surface area contributed by atoms with Crippen molar-refractivity contribution >= 4 is 44.0 Å². The van der Waals surface area contributed by atoms with Crippen LogP contribution in [0.15, 0.2) is 34.2 Å². The van der Waals surface area contributed by atoms with Crippen molar-refractivity contribution in [3.05, 3.63) is 39.8 Å². The third-order valence-electron chi connectivity index (χ3n) is 3.83. The van der Waals surface area contributed by atoms with Crippen LogP contribution in [0.25, 0.3) is 0 Å². The first kappa shape index (κ1) is 16.4. The number of piperazine rings is 1. The van der Waals surface area contributed by atoms with Gasteiger partial charge in [0.25, 0.3) is 0 Å². The van der Waals surface area contributed by atoms with Crippen LogP contribution in [-0.2, 0) is 4.79 Å². The molecule has 3 rings (SSSR count). The minimum Gasteiger partial charge on any atom is -0.346 e. The van der Waals surface area contributed by atoms with E-state index in [1.165, 1.54) is 0 Å². The topological polar surface area (TPSA) is 48.5 Å². The van der Waals surface area contributed by atoms with E-state index < -0.39 is 0 Å². The van der Waals surface area contributed by atoms with Gasteiger partial charge in [0.2, 0.25) is 5.91 Å². The number of carbonyl (C=O) groups excluding carboxylic acids is 1. The first-order chi connectivity index (χ1) is 11.1. The molecule has 1 aliphatic rings. The highest BCUT2D eigenvalue weighted by Gasteiger charge is 2.20. The van der Waals surface area contributed by atoms with Gasteiger partial charge in [0.1, 0.15) is 0 Å². The Bertz CT molecular complexity index is 669. The average molecular weight is 395 g/mol. The quantitative estimate of drug-likeness (QED) is 0.865. The van der Waals surface area contributed by atoms with Crippen molar-refractivity contribution in [1.29, 1.82) is 0 Å². The van der Waals surface area contributed by atoms with E-state index in [1.54, 1.807) is 11.3 Å². The molecule has 1 amide bonds. The first-order valence-electron chi connectivity index (χ1n) is 7.54. The number of benzene rings is 1. The Morgan fingerprint density at radius 2 is 2.13 bits per heavy atom. The molecule has 7 heteroatoms. The molecule has 0 spiro atoms. The molecule has 1 aromatic carbocycles. The van der Waals surface area contributed by atoms with Crippen LogP contribution >= 0.6 is 27.3 Å². The van der Waals surface area contributed by atoms with Crippen LogP contribution in [0.4, 0.5) is 10.8 Å². The third-order valence-corrected chi connectivity index (χ3v) is 5.32. The van der Waals surface area contributed by atoms with Crippen molar-refractivity contribution in [1.82, 2.24) is 9.88 Å². The molecule has 0 saturated carbocycles. The van der Waals surface area contributed by atoms with E-state index >= 15 is 0 Å². The molecule has 0 bridgehead atoms. The molecule has 1 aromatic heterocycles. The van der Waals surface area contributed by atoms with E-state index in [2.05, 4.69) is 36.0 Å². The normalized spacial score (nSPS) is 15.7. The van der Waals surface area contributed by atoms with E-state index in [0.29, 0.717) is 6.54 Å². The molecule has 1 aliphatic heterocycles. The van der Waals surface area contributed by atoms with Gasteiger partial charge in [-0.3, -0.25) is 9.69 Å². The minimum atomic E-state index is 0.0252. The SMILES string of the molecule is Cc1ccc(NC(=O)CN2CCN(c3nccs3)CC2)c(Br)c1. The Morgan fingerprint density at radius 3 is 2.78 bits per heavy atom. The summed E-state index contributed by atoms with van der Waals surface area (Å²) in [4.78, 5) is 21.0. The van der Waals surface area contributed by atoms with Crippen LogP contribution in [0.2, 0.25) is 0 Å². The third kappa shape index (κ3) is 4.31. The largest absolute Gasteiger partial charge is 0.346 e. The zero-order valence-corrected chi connectivity index (χ0v) is 15.4. The van der Waals surface area contributed by atoms with E-state index in [0.717, 1.165) is 47.0 Å². The molecular formula is C16H19BrN4OS. The van der Waals surface area contributed by atoms with Crippen LogP contribution in [0.5, 0.6) is 0 Å². The number of amides is 1. The number of aromatic nitrogens is 1. The number of nitrogens with one attached hydrogen (secondary N) is 1. The predicted molar refractivity (Wildman–Crippen MR) is 98.3 cm³/mol. The van der Waals surface area contributed by atoms with Gasteiger partial charge in [-0.2, -0.15) is 0 Å². The molecule has 2 aromatic rings. The lowest BCUT2D eigenvalue weighted by atomic mass is 10.2. The molecule has 1 fully saturated rings. The van der Waals surface area contributed by atoms with Crippen molar-refractivity contribution in [2.24, 2.45) is 0 Å². The Kier molecular flexibility index (Phi) is 5.30. The van der Waals surface area contributed by atoms with Crippen LogP contribution in [0.1, 0.15) is 5.56 Å². The van der Waals surface area contributed by atoms with Gasteiger partial charge in [-0.1, -0.05) is 6.07 Å². The summed E-state index contributed by atoms with van der Waals surface area (Å²) in [5.41, 5.74) is 1.98. The maximum absolute atomic E-state index is 12.2. The minimum absolute atomic E-state index is 0.0252. The molecule has 23 heavy (non-hydrogen) atoms. The van der Waals surface area contributed by atoms with Crippen LogP contribution in [0, 0.1) is 6.92 Å². The van der Waals surface area contributed by atoms with Crippen molar-refractivity contribution in [3.8, 4) is 0 Å². The standard InChI is InChI=1S/C16H19BrN4OS/c1-12-2-3-14(13(17)10-12)19-15(22)11-20-5-7-21(8-6-20)16-18-4-9-23-16/h2-4,9-10H,5-8,11H2,1H3,(H,19,22). The van der Waals surface area contributed by atoms with Gasteiger partial charge in [-0.25, -0.2) is 4.98 Å². The van der Waals surface area contributed by atoms with Gasteiger partial charge < -0.3 is 10.2 Å². The fourth-order valence-electron chi connectivity index (χ4n) is 2.58. The fourth-order valence-corrected chi connectivity index (χ4v) is 3.87. The average Bonchev–Trinajstić information content (AvgIpc) is 3.05. The van der Waals surface area contributed by atoms with Crippen molar-refractivity contribution in [2.45, 2.75) is 6.92 Å². The van der Waals surface area contributed by atoms with Gasteiger partial charge in [0, 0.05) is 42.2 Å². The lowest BCUT2D eigenvalue weighted by Crippen LogP contribution is -2.48. The molecule has 0 atom stereocenters. The Morgan fingerprint density at radius 1 is 1.35 bits per heavy atom. The summed E-state index contributed by atoms with van der Waals surface area (Å²) < 4.78 is 0.916. The van der Waals surface area contributed by atoms with Crippen molar-refractivity contribution < 1.29 is 4.79 Å². The second kappa shape index (κ2) is 7.42. The Hall–Kier alpha value is -1.44. The van der Waals surface area contributed by atoms with Gasteiger partial charge in [0.05, 0.1) is 12.2 Å². The highest BCUT2D eigenvalue weighted by Crippen LogP contribution is 2.23. The van der Waals surface area contributed by atoms with Crippen LogP contribution < -0.4 is 10.2 Å². The van der Waals surface area contributed by atoms with Gasteiger partial charge in [0.15, 0.2) is 5.13 Å². The summed E-state index contributed by atoms with van der Waals surface area (Å²) in [7, 11) is 0. The Balaban J connectivity index is 1.49. The first-order valence-corrected chi connectivity index (χ1v) is 9.22. The number of aryl methyl sites for hydroxylation is 1. The predicted octanol–water partition coefficient (Wildman–Crippen LogP) is 2.97. The molecule has 5 nitrogen and oxygen atoms in total. The smallest absolute Gasteiger partial charge is 0.238 e. The highest BCUT2D eigenvalue weighted by atomic mass is 79.9. The molecular weight excluding hydrogens is 376 g/mol. The van der Waals surface area contributed by atoms with Crippen LogP contribution in [-0.4, -0.2) is 48.5 Å². The molecule has 1 saturated heterocycles. The second-order valence-electron chi connectivity index (χ2n) is 5.61. The molecule has 2 heterocycles. The van der Waals surface area contributed by atoms with E-state index in [-0.39, 0.29) is 5.91 Å². The van der Waals surface area contributed by atoms with E-state index in [1.807, 2.05) is 36.7 Å². The summed E-state index contributed by atoms with van der Waals surface area (Å²) >= 11 is 5.15. The van der Waals surface area contributed by atoms with E-state index in [4.69, 9.17) is 0 Å².